The zero-order valence-electron chi connectivity index (χ0n) is 11.9. The van der Waals surface area contributed by atoms with E-state index in [2.05, 4.69) is 56.9 Å². The van der Waals surface area contributed by atoms with Crippen molar-refractivity contribution >= 4 is 0 Å². The first-order valence-corrected chi connectivity index (χ1v) is 6.47. The van der Waals surface area contributed by atoms with Gasteiger partial charge in [0.15, 0.2) is 0 Å². The fourth-order valence-corrected chi connectivity index (χ4v) is 2.41. The van der Waals surface area contributed by atoms with Gasteiger partial charge in [-0.2, -0.15) is 0 Å². The van der Waals surface area contributed by atoms with E-state index in [1.54, 1.807) is 0 Å². The van der Waals surface area contributed by atoms with Crippen LogP contribution in [0.4, 0.5) is 0 Å². The maximum absolute atomic E-state index is 3.61. The van der Waals surface area contributed by atoms with Gasteiger partial charge >= 0.3 is 0 Å². The third-order valence-corrected chi connectivity index (χ3v) is 3.58. The molecule has 1 N–H and O–H groups in total. The Bertz CT molecular complexity index is 213. The zero-order valence-corrected chi connectivity index (χ0v) is 11.9. The quantitative estimate of drug-likeness (QED) is 0.783. The lowest BCUT2D eigenvalue weighted by Crippen LogP contribution is -2.62. The van der Waals surface area contributed by atoms with Crippen LogP contribution >= 0.6 is 0 Å². The molecule has 1 aliphatic rings. The van der Waals surface area contributed by atoms with Crippen LogP contribution in [0.1, 0.15) is 34.1 Å². The predicted molar refractivity (Wildman–Crippen MR) is 70.9 cm³/mol. The molecule has 0 saturated carbocycles. The molecule has 0 radical (unpaired) electrons. The summed E-state index contributed by atoms with van der Waals surface area (Å²) in [5.41, 5.74) is 0.263. The molecule has 0 aromatic rings. The van der Waals surface area contributed by atoms with Gasteiger partial charge < -0.3 is 10.2 Å². The van der Waals surface area contributed by atoms with Crippen LogP contribution < -0.4 is 5.32 Å². The normalized spacial score (nSPS) is 28.3. The Kier molecular flexibility index (Phi) is 4.77. The van der Waals surface area contributed by atoms with Crippen molar-refractivity contribution in [1.29, 1.82) is 0 Å². The highest BCUT2D eigenvalue weighted by molar-refractivity contribution is 4.92. The fraction of sp³-hybridized carbons (Fsp3) is 1.00. The molecule has 1 heterocycles. The van der Waals surface area contributed by atoms with Crippen molar-refractivity contribution < 1.29 is 0 Å². The summed E-state index contributed by atoms with van der Waals surface area (Å²) >= 11 is 0. The summed E-state index contributed by atoms with van der Waals surface area (Å²) in [6.45, 7) is 12.7. The van der Waals surface area contributed by atoms with Crippen molar-refractivity contribution in [3.05, 3.63) is 0 Å². The SMILES string of the molecule is CC(CCN(C)C)N1CC(C)(C)NCC1C. The number of nitrogens with zero attached hydrogens (tertiary/aromatic N) is 2. The van der Waals surface area contributed by atoms with Crippen molar-refractivity contribution in [3.8, 4) is 0 Å². The molecule has 1 fully saturated rings. The summed E-state index contributed by atoms with van der Waals surface area (Å²) in [6.07, 6.45) is 1.26. The third kappa shape index (κ3) is 4.04. The molecule has 0 bridgehead atoms. The van der Waals surface area contributed by atoms with Crippen LogP contribution in [0, 0.1) is 0 Å². The van der Waals surface area contributed by atoms with Gasteiger partial charge in [0.1, 0.15) is 0 Å². The summed E-state index contributed by atoms with van der Waals surface area (Å²) in [5, 5.41) is 3.61. The molecule has 0 aromatic carbocycles. The maximum atomic E-state index is 3.61. The topological polar surface area (TPSA) is 18.5 Å². The van der Waals surface area contributed by atoms with Crippen molar-refractivity contribution in [2.24, 2.45) is 0 Å². The summed E-state index contributed by atoms with van der Waals surface area (Å²) in [4.78, 5) is 4.93. The van der Waals surface area contributed by atoms with Crippen molar-refractivity contribution in [2.75, 3.05) is 33.7 Å². The molecule has 0 spiro atoms. The fourth-order valence-electron chi connectivity index (χ4n) is 2.41. The molecule has 1 rings (SSSR count). The Labute approximate surface area is 101 Å². The van der Waals surface area contributed by atoms with Crippen LogP contribution in [-0.2, 0) is 0 Å². The lowest BCUT2D eigenvalue weighted by Gasteiger charge is -2.46. The van der Waals surface area contributed by atoms with E-state index in [9.17, 15) is 0 Å². The molecule has 16 heavy (non-hydrogen) atoms. The Morgan fingerprint density at radius 2 is 2.06 bits per heavy atom. The van der Waals surface area contributed by atoms with Crippen LogP contribution in [0.3, 0.4) is 0 Å². The monoisotopic (exact) mass is 227 g/mol. The van der Waals surface area contributed by atoms with Crippen LogP contribution in [0.15, 0.2) is 0 Å². The van der Waals surface area contributed by atoms with Gasteiger partial charge in [-0.3, -0.25) is 4.90 Å². The highest BCUT2D eigenvalue weighted by Crippen LogP contribution is 2.19. The molecule has 0 amide bonds. The number of rotatable bonds is 4. The molecule has 96 valence electrons. The van der Waals surface area contributed by atoms with Crippen molar-refractivity contribution in [3.63, 3.8) is 0 Å². The summed E-state index contributed by atoms with van der Waals surface area (Å²) in [5.74, 6) is 0. The molecular formula is C13H29N3. The minimum Gasteiger partial charge on any atom is -0.309 e. The highest BCUT2D eigenvalue weighted by Gasteiger charge is 2.32. The summed E-state index contributed by atoms with van der Waals surface area (Å²) < 4.78 is 0. The molecule has 0 aromatic heterocycles. The molecule has 2 unspecified atom stereocenters. The Balaban J connectivity index is 2.49. The first-order chi connectivity index (χ1) is 7.32. The van der Waals surface area contributed by atoms with E-state index >= 15 is 0 Å². The minimum absolute atomic E-state index is 0.263. The summed E-state index contributed by atoms with van der Waals surface area (Å²) in [6, 6.07) is 1.34. The molecular weight excluding hydrogens is 198 g/mol. The second kappa shape index (κ2) is 5.48. The molecule has 0 aliphatic carbocycles. The van der Waals surface area contributed by atoms with Gasteiger partial charge in [-0.1, -0.05) is 0 Å². The zero-order chi connectivity index (χ0) is 12.3. The van der Waals surface area contributed by atoms with E-state index in [1.807, 2.05) is 0 Å². The van der Waals surface area contributed by atoms with Gasteiger partial charge in [0.05, 0.1) is 0 Å². The summed E-state index contributed by atoms with van der Waals surface area (Å²) in [7, 11) is 4.30. The maximum Gasteiger partial charge on any atom is 0.0253 e. The Morgan fingerprint density at radius 3 is 2.62 bits per heavy atom. The first-order valence-electron chi connectivity index (χ1n) is 6.47. The van der Waals surface area contributed by atoms with Crippen LogP contribution in [0.25, 0.3) is 0 Å². The van der Waals surface area contributed by atoms with Gasteiger partial charge in [0.25, 0.3) is 0 Å². The smallest absolute Gasteiger partial charge is 0.0253 e. The van der Waals surface area contributed by atoms with E-state index < -0.39 is 0 Å². The lowest BCUT2D eigenvalue weighted by molar-refractivity contribution is 0.0628. The molecule has 3 nitrogen and oxygen atoms in total. The van der Waals surface area contributed by atoms with E-state index in [4.69, 9.17) is 0 Å². The number of hydrogen-bond acceptors (Lipinski definition) is 3. The largest absolute Gasteiger partial charge is 0.309 e. The molecule has 1 saturated heterocycles. The van der Waals surface area contributed by atoms with Gasteiger partial charge in [-0.25, -0.2) is 0 Å². The minimum atomic E-state index is 0.263. The van der Waals surface area contributed by atoms with E-state index in [0.717, 1.165) is 13.1 Å². The number of hydrogen-bond donors (Lipinski definition) is 1. The molecule has 3 heteroatoms. The lowest BCUT2D eigenvalue weighted by atomic mass is 9.97. The Hall–Kier alpha value is -0.120. The van der Waals surface area contributed by atoms with Crippen LogP contribution in [0.2, 0.25) is 0 Å². The second-order valence-electron chi connectivity index (χ2n) is 6.23. The van der Waals surface area contributed by atoms with Crippen LogP contribution in [-0.4, -0.2) is 61.2 Å². The van der Waals surface area contributed by atoms with Gasteiger partial charge in [0.2, 0.25) is 0 Å². The number of nitrogens with one attached hydrogen (secondary N) is 1. The Morgan fingerprint density at radius 1 is 1.44 bits per heavy atom. The van der Waals surface area contributed by atoms with Crippen LogP contribution in [0.5, 0.6) is 0 Å². The van der Waals surface area contributed by atoms with E-state index in [0.29, 0.717) is 12.1 Å². The first kappa shape index (κ1) is 13.9. The van der Waals surface area contributed by atoms with Crippen molar-refractivity contribution in [2.45, 2.75) is 51.7 Å². The highest BCUT2D eigenvalue weighted by atomic mass is 15.3. The average molecular weight is 227 g/mol. The molecule has 2 atom stereocenters. The predicted octanol–water partition coefficient (Wildman–Crippen LogP) is 1.40. The third-order valence-electron chi connectivity index (χ3n) is 3.58. The van der Waals surface area contributed by atoms with Gasteiger partial charge in [-0.15, -0.1) is 0 Å². The average Bonchev–Trinajstić information content (AvgIpc) is 2.18. The van der Waals surface area contributed by atoms with Crippen molar-refractivity contribution in [1.82, 2.24) is 15.1 Å². The molecule has 1 aliphatic heterocycles. The van der Waals surface area contributed by atoms with Gasteiger partial charge in [0, 0.05) is 30.7 Å². The second-order valence-corrected chi connectivity index (χ2v) is 6.23. The van der Waals surface area contributed by atoms with E-state index in [-0.39, 0.29) is 5.54 Å². The van der Waals surface area contributed by atoms with E-state index in [1.165, 1.54) is 13.0 Å². The van der Waals surface area contributed by atoms with Gasteiger partial charge in [-0.05, 0) is 54.8 Å². The number of piperazine rings is 1. The standard InChI is InChI=1S/C13H29N3/c1-11(7-8-15(5)6)16-10-13(3,4)14-9-12(16)2/h11-12,14H,7-10H2,1-6H3.